The summed E-state index contributed by atoms with van der Waals surface area (Å²) < 4.78 is 0. The summed E-state index contributed by atoms with van der Waals surface area (Å²) in [6.45, 7) is 19.4. The lowest BCUT2D eigenvalue weighted by Gasteiger charge is -2.38. The van der Waals surface area contributed by atoms with E-state index in [1.807, 2.05) is 0 Å². The van der Waals surface area contributed by atoms with Gasteiger partial charge in [0.1, 0.15) is 0 Å². The maximum atomic E-state index is 2.42. The SMILES string of the molecule is CC(C)C[Si](CC(C)C)(CC(C)C)CC(C)C. The second-order valence-electron chi connectivity index (χ2n) is 7.89. The van der Waals surface area contributed by atoms with Crippen molar-refractivity contribution in [2.24, 2.45) is 23.7 Å². The van der Waals surface area contributed by atoms with Crippen molar-refractivity contribution in [3.05, 3.63) is 0 Å². The third-order valence-electron chi connectivity index (χ3n) is 3.37. The van der Waals surface area contributed by atoms with Crippen LogP contribution in [-0.2, 0) is 0 Å². The second kappa shape index (κ2) is 7.61. The van der Waals surface area contributed by atoms with Gasteiger partial charge in [-0.1, -0.05) is 79.6 Å². The molecule has 0 aromatic carbocycles. The molecule has 0 radical (unpaired) electrons. The van der Waals surface area contributed by atoms with Crippen molar-refractivity contribution in [3.8, 4) is 0 Å². The second-order valence-corrected chi connectivity index (χ2v) is 12.5. The molecule has 0 unspecified atom stereocenters. The van der Waals surface area contributed by atoms with E-state index in [2.05, 4.69) is 55.4 Å². The molecule has 0 spiro atoms. The van der Waals surface area contributed by atoms with Gasteiger partial charge in [-0.2, -0.15) is 0 Å². The van der Waals surface area contributed by atoms with Crippen LogP contribution < -0.4 is 0 Å². The van der Waals surface area contributed by atoms with Crippen LogP contribution in [0.2, 0.25) is 24.2 Å². The van der Waals surface area contributed by atoms with Crippen molar-refractivity contribution in [3.63, 3.8) is 0 Å². The molecular formula is C16H36Si. The first kappa shape index (κ1) is 17.2. The maximum absolute atomic E-state index is 2.42. The van der Waals surface area contributed by atoms with Crippen LogP contribution in [0.5, 0.6) is 0 Å². The van der Waals surface area contributed by atoms with Crippen molar-refractivity contribution in [2.45, 2.75) is 79.6 Å². The predicted molar refractivity (Wildman–Crippen MR) is 84.3 cm³/mol. The van der Waals surface area contributed by atoms with Crippen LogP contribution >= 0.6 is 0 Å². The molecule has 0 aromatic rings. The minimum atomic E-state index is -1.05. The molecule has 1 heteroatoms. The Morgan fingerprint density at radius 3 is 0.765 bits per heavy atom. The van der Waals surface area contributed by atoms with Gasteiger partial charge in [0.05, 0.1) is 8.07 Å². The van der Waals surface area contributed by atoms with Gasteiger partial charge in [0.25, 0.3) is 0 Å². The summed E-state index contributed by atoms with van der Waals surface area (Å²) in [5, 5.41) is 0. The van der Waals surface area contributed by atoms with Crippen LogP contribution in [0, 0.1) is 23.7 Å². The zero-order valence-electron chi connectivity index (χ0n) is 13.6. The van der Waals surface area contributed by atoms with Crippen LogP contribution in [-0.4, -0.2) is 8.07 Å². The molecule has 0 aliphatic rings. The van der Waals surface area contributed by atoms with Crippen molar-refractivity contribution >= 4 is 8.07 Å². The monoisotopic (exact) mass is 256 g/mol. The van der Waals surface area contributed by atoms with Crippen LogP contribution in [0.15, 0.2) is 0 Å². The molecule has 0 aromatic heterocycles. The van der Waals surface area contributed by atoms with Gasteiger partial charge >= 0.3 is 0 Å². The van der Waals surface area contributed by atoms with Gasteiger partial charge in [-0.15, -0.1) is 0 Å². The molecule has 0 N–H and O–H groups in total. The van der Waals surface area contributed by atoms with Gasteiger partial charge < -0.3 is 0 Å². The molecule has 0 saturated carbocycles. The Hall–Kier alpha value is 0.217. The third kappa shape index (κ3) is 8.02. The van der Waals surface area contributed by atoms with E-state index in [0.717, 1.165) is 23.7 Å². The Labute approximate surface area is 112 Å². The molecule has 0 bridgehead atoms. The molecule has 0 heterocycles. The summed E-state index contributed by atoms with van der Waals surface area (Å²) >= 11 is 0. The van der Waals surface area contributed by atoms with E-state index in [-0.39, 0.29) is 0 Å². The smallest absolute Gasteiger partial charge is 0.0545 e. The Morgan fingerprint density at radius 1 is 0.471 bits per heavy atom. The summed E-state index contributed by atoms with van der Waals surface area (Å²) in [7, 11) is -1.05. The quantitative estimate of drug-likeness (QED) is 0.463. The highest BCUT2D eigenvalue weighted by Crippen LogP contribution is 2.37. The average Bonchev–Trinajstić information content (AvgIpc) is 1.95. The first-order chi connectivity index (χ1) is 7.67. The standard InChI is InChI=1S/C16H36Si/c1-13(2)9-17(10-14(3)4,11-15(5)6)12-16(7)8/h13-16H,9-12H2,1-8H3. The Kier molecular flexibility index (Phi) is 7.70. The Morgan fingerprint density at radius 2 is 0.647 bits per heavy atom. The van der Waals surface area contributed by atoms with Gasteiger partial charge in [0.15, 0.2) is 0 Å². The first-order valence-corrected chi connectivity index (χ1v) is 10.5. The number of rotatable bonds is 8. The molecule has 0 fully saturated rings. The van der Waals surface area contributed by atoms with E-state index in [0.29, 0.717) is 0 Å². The number of hydrogen-bond donors (Lipinski definition) is 0. The highest BCUT2D eigenvalue weighted by Gasteiger charge is 2.35. The van der Waals surface area contributed by atoms with Gasteiger partial charge in [0.2, 0.25) is 0 Å². The van der Waals surface area contributed by atoms with E-state index in [1.54, 1.807) is 24.2 Å². The molecule has 0 rings (SSSR count). The Bertz CT molecular complexity index is 146. The van der Waals surface area contributed by atoms with Crippen molar-refractivity contribution < 1.29 is 0 Å². The van der Waals surface area contributed by atoms with Crippen LogP contribution in [0.25, 0.3) is 0 Å². The largest absolute Gasteiger partial charge is 0.0630 e. The fraction of sp³-hybridized carbons (Fsp3) is 1.00. The van der Waals surface area contributed by atoms with E-state index in [9.17, 15) is 0 Å². The predicted octanol–water partition coefficient (Wildman–Crippen LogP) is 6.06. The lowest BCUT2D eigenvalue weighted by molar-refractivity contribution is 0.612. The molecular weight excluding hydrogens is 220 g/mol. The molecule has 104 valence electrons. The normalized spacial score (nSPS) is 13.4. The maximum Gasteiger partial charge on any atom is 0.0545 e. The molecule has 0 nitrogen and oxygen atoms in total. The molecule has 17 heavy (non-hydrogen) atoms. The first-order valence-electron chi connectivity index (χ1n) is 7.67. The summed E-state index contributed by atoms with van der Waals surface area (Å²) in [5.74, 6) is 3.55. The Balaban J connectivity index is 4.89. The summed E-state index contributed by atoms with van der Waals surface area (Å²) in [4.78, 5) is 0. The lowest BCUT2D eigenvalue weighted by Crippen LogP contribution is -2.39. The summed E-state index contributed by atoms with van der Waals surface area (Å²) in [5.41, 5.74) is 0. The van der Waals surface area contributed by atoms with Gasteiger partial charge in [-0.3, -0.25) is 0 Å². The van der Waals surface area contributed by atoms with Crippen molar-refractivity contribution in [1.82, 2.24) is 0 Å². The lowest BCUT2D eigenvalue weighted by atomic mass is 10.2. The minimum Gasteiger partial charge on any atom is -0.0630 e. The topological polar surface area (TPSA) is 0 Å². The molecule has 0 amide bonds. The van der Waals surface area contributed by atoms with Crippen LogP contribution in [0.3, 0.4) is 0 Å². The fourth-order valence-corrected chi connectivity index (χ4v) is 11.9. The van der Waals surface area contributed by atoms with E-state index < -0.39 is 8.07 Å². The summed E-state index contributed by atoms with van der Waals surface area (Å²) in [6, 6.07) is 6.17. The van der Waals surface area contributed by atoms with Gasteiger partial charge in [0, 0.05) is 0 Å². The van der Waals surface area contributed by atoms with Crippen LogP contribution in [0.4, 0.5) is 0 Å². The summed E-state index contributed by atoms with van der Waals surface area (Å²) in [6.07, 6.45) is 0. The van der Waals surface area contributed by atoms with E-state index in [1.165, 1.54) is 0 Å². The zero-order chi connectivity index (χ0) is 13.6. The zero-order valence-corrected chi connectivity index (χ0v) is 14.6. The van der Waals surface area contributed by atoms with E-state index >= 15 is 0 Å². The van der Waals surface area contributed by atoms with Crippen LogP contribution in [0.1, 0.15) is 55.4 Å². The van der Waals surface area contributed by atoms with E-state index in [4.69, 9.17) is 0 Å². The van der Waals surface area contributed by atoms with Crippen molar-refractivity contribution in [1.29, 1.82) is 0 Å². The molecule has 0 aliphatic carbocycles. The molecule has 0 aliphatic heterocycles. The number of hydrogen-bond acceptors (Lipinski definition) is 0. The van der Waals surface area contributed by atoms with Crippen molar-refractivity contribution in [2.75, 3.05) is 0 Å². The van der Waals surface area contributed by atoms with Gasteiger partial charge in [-0.25, -0.2) is 0 Å². The third-order valence-corrected chi connectivity index (χ3v) is 10.1. The molecule has 0 atom stereocenters. The highest BCUT2D eigenvalue weighted by atomic mass is 28.3. The highest BCUT2D eigenvalue weighted by molar-refractivity contribution is 6.80. The fourth-order valence-electron chi connectivity index (χ4n) is 3.96. The molecule has 0 saturated heterocycles. The van der Waals surface area contributed by atoms with Gasteiger partial charge in [-0.05, 0) is 23.7 Å². The average molecular weight is 257 g/mol. The minimum absolute atomic E-state index is 0.887.